The van der Waals surface area contributed by atoms with Gasteiger partial charge >= 0.3 is 12.1 Å². The van der Waals surface area contributed by atoms with Crippen LogP contribution in [-0.4, -0.2) is 95.8 Å². The lowest BCUT2D eigenvalue weighted by Gasteiger charge is -2.39. The zero-order valence-corrected chi connectivity index (χ0v) is 29.2. The number of rotatable bonds is 6. The minimum atomic E-state index is -0.987. The van der Waals surface area contributed by atoms with Gasteiger partial charge in [0.05, 0.1) is 8.95 Å². The van der Waals surface area contributed by atoms with E-state index in [0.29, 0.717) is 66.3 Å². The van der Waals surface area contributed by atoms with Gasteiger partial charge < -0.3 is 35.2 Å². The van der Waals surface area contributed by atoms with E-state index in [0.717, 1.165) is 49.2 Å². The van der Waals surface area contributed by atoms with E-state index in [1.165, 1.54) is 12.8 Å². The van der Waals surface area contributed by atoms with Crippen LogP contribution in [-0.2, 0) is 22.4 Å². The van der Waals surface area contributed by atoms with Crippen molar-refractivity contribution in [1.29, 1.82) is 0 Å². The van der Waals surface area contributed by atoms with Crippen LogP contribution >= 0.6 is 31.9 Å². The van der Waals surface area contributed by atoms with E-state index in [2.05, 4.69) is 42.5 Å². The van der Waals surface area contributed by atoms with Gasteiger partial charge in [-0.05, 0) is 131 Å². The Morgan fingerprint density at radius 1 is 0.894 bits per heavy atom. The number of nitrogens with zero attached hydrogens (tertiary/aromatic N) is 3. The molecule has 1 atom stereocenters. The molecule has 6 rings (SSSR count). The lowest BCUT2D eigenvalue weighted by atomic mass is 9.79. The number of phenols is 1. The number of amides is 4. The Morgan fingerprint density at radius 2 is 1.51 bits per heavy atom. The summed E-state index contributed by atoms with van der Waals surface area (Å²) in [5.74, 6) is 1.23. The molecule has 4 amide bonds. The first-order valence-electron chi connectivity index (χ1n) is 16.5. The molecule has 12 heteroatoms. The lowest BCUT2D eigenvalue weighted by molar-refractivity contribution is -0.142. The number of halogens is 2. The molecular weight excluding hydrogens is 730 g/mol. The largest absolute Gasteiger partial charge is 0.506 e. The van der Waals surface area contributed by atoms with Gasteiger partial charge in [-0.1, -0.05) is 25.6 Å². The molecule has 4 aliphatic heterocycles. The summed E-state index contributed by atoms with van der Waals surface area (Å²) in [7, 11) is 0. The Bertz CT molecular complexity index is 1400. The van der Waals surface area contributed by atoms with Crippen molar-refractivity contribution in [2.24, 2.45) is 11.8 Å². The molecule has 47 heavy (non-hydrogen) atoms. The van der Waals surface area contributed by atoms with Crippen LogP contribution in [0.2, 0.25) is 0 Å². The summed E-state index contributed by atoms with van der Waals surface area (Å²) in [5.41, 5.74) is 2.74. The molecule has 4 aliphatic rings. The Labute approximate surface area is 294 Å². The van der Waals surface area contributed by atoms with Crippen molar-refractivity contribution >= 4 is 55.6 Å². The summed E-state index contributed by atoms with van der Waals surface area (Å²) in [4.78, 5) is 46.0. The monoisotopic (exact) mass is 775 g/mol. The van der Waals surface area contributed by atoms with Gasteiger partial charge in [0.25, 0.3) is 5.91 Å². The van der Waals surface area contributed by atoms with E-state index in [1.807, 2.05) is 34.1 Å². The molecule has 0 aromatic heterocycles. The number of piperidine rings is 3. The zero-order chi connectivity index (χ0) is 32.2. The van der Waals surface area contributed by atoms with Crippen LogP contribution in [0.1, 0.15) is 57.1 Å². The highest BCUT2D eigenvalue weighted by Crippen LogP contribution is 2.35. The number of fused-ring (bicyclic) bond motifs is 1. The van der Waals surface area contributed by atoms with Gasteiger partial charge in [-0.25, -0.2) is 9.59 Å². The number of aromatic hydroxyl groups is 1. The number of urea groups is 1. The van der Waals surface area contributed by atoms with E-state index >= 15 is 0 Å². The molecule has 0 radical (unpaired) electrons. The first-order chi connectivity index (χ1) is 22.3. The van der Waals surface area contributed by atoms with Crippen molar-refractivity contribution < 1.29 is 24.2 Å². The third-order valence-electron chi connectivity index (χ3n) is 10.2. The molecule has 0 unspecified atom stereocenters. The van der Waals surface area contributed by atoms with Crippen LogP contribution in [0, 0.1) is 11.8 Å². The van der Waals surface area contributed by atoms with Crippen LogP contribution in [0.4, 0.5) is 15.3 Å². The quantitative estimate of drug-likeness (QED) is 0.314. The van der Waals surface area contributed by atoms with Gasteiger partial charge in [-0.3, -0.25) is 4.79 Å². The number of hydrogen-bond acceptors (Lipinski definition) is 6. The van der Waals surface area contributed by atoms with Crippen molar-refractivity contribution in [3.63, 3.8) is 0 Å². The molecule has 256 valence electrons. The Morgan fingerprint density at radius 3 is 2.19 bits per heavy atom. The Balaban J connectivity index is 0.00000433. The predicted molar refractivity (Wildman–Crippen MR) is 190 cm³/mol. The van der Waals surface area contributed by atoms with Crippen LogP contribution in [0.15, 0.2) is 45.3 Å². The maximum absolute atomic E-state index is 14.0. The molecule has 0 bridgehead atoms. The van der Waals surface area contributed by atoms with E-state index in [4.69, 9.17) is 4.74 Å². The normalized spacial score (nSPS) is 20.5. The van der Waals surface area contributed by atoms with Crippen LogP contribution in [0.3, 0.4) is 0 Å². The fraction of sp³-hybridized carbons (Fsp3) is 0.571. The van der Waals surface area contributed by atoms with Gasteiger partial charge in [0.15, 0.2) is 6.10 Å². The third-order valence-corrected chi connectivity index (χ3v) is 11.4. The van der Waals surface area contributed by atoms with Gasteiger partial charge in [-0.2, -0.15) is 0 Å². The summed E-state index contributed by atoms with van der Waals surface area (Å²) in [6.45, 7) is 4.97. The highest BCUT2D eigenvalue weighted by atomic mass is 79.9. The molecule has 2 aromatic rings. The standard InChI is InChI=1S/C34H43Br2N5O5.CH4/c35-27-19-22(20-28(36)31(27)42)21-30(32(43)39-14-7-24(8-15-39)23-5-12-37-13-6-23)46-34(45)40-16-10-26(11-17-40)41-18-9-25-3-1-2-4-29(25)38-33(41)44;/h1-4,19-20,23-24,26,30,37,42H,5-18,21H2,(H,38,44);1H4/t30-;/m1./s1. The fourth-order valence-electron chi connectivity index (χ4n) is 7.53. The van der Waals surface area contributed by atoms with Crippen molar-refractivity contribution in [3.05, 3.63) is 56.5 Å². The maximum atomic E-state index is 14.0. The number of ether oxygens (including phenoxy) is 1. The number of benzene rings is 2. The number of para-hydroxylation sites is 1. The van der Waals surface area contributed by atoms with E-state index in [1.54, 1.807) is 17.0 Å². The van der Waals surface area contributed by atoms with Crippen molar-refractivity contribution in [1.82, 2.24) is 20.0 Å². The second kappa shape index (κ2) is 16.0. The van der Waals surface area contributed by atoms with Gasteiger partial charge in [0.1, 0.15) is 5.75 Å². The predicted octanol–water partition coefficient (Wildman–Crippen LogP) is 6.39. The minimum Gasteiger partial charge on any atom is -0.506 e. The summed E-state index contributed by atoms with van der Waals surface area (Å²) < 4.78 is 7.03. The first-order valence-corrected chi connectivity index (χ1v) is 18.1. The van der Waals surface area contributed by atoms with E-state index < -0.39 is 12.2 Å². The number of carbonyl (C=O) groups is 3. The molecule has 3 fully saturated rings. The number of phenolic OH excluding ortho intramolecular Hbond substituents is 1. The summed E-state index contributed by atoms with van der Waals surface area (Å²) in [5, 5.41) is 16.7. The lowest BCUT2D eigenvalue weighted by Crippen LogP contribution is -2.52. The SMILES string of the molecule is C.O=C(O[C@H](Cc1cc(Br)c(O)c(Br)c1)C(=O)N1CCC(C2CCNCC2)CC1)N1CCC(N2CCc3ccccc3NC2=O)CC1. The van der Waals surface area contributed by atoms with Gasteiger partial charge in [0.2, 0.25) is 0 Å². The minimum absolute atomic E-state index is 0. The number of nitrogens with one attached hydrogen (secondary N) is 2. The molecule has 3 N–H and O–H groups in total. The smallest absolute Gasteiger partial charge is 0.410 e. The molecule has 4 heterocycles. The molecule has 0 spiro atoms. The number of carbonyl (C=O) groups excluding carboxylic acids is 3. The average Bonchev–Trinajstić information content (AvgIpc) is 3.25. The molecule has 10 nitrogen and oxygen atoms in total. The van der Waals surface area contributed by atoms with Crippen molar-refractivity contribution in [2.45, 2.75) is 70.9 Å². The summed E-state index contributed by atoms with van der Waals surface area (Å²) in [6, 6.07) is 11.3. The molecule has 3 saturated heterocycles. The summed E-state index contributed by atoms with van der Waals surface area (Å²) in [6.07, 6.45) is 5.07. The van der Waals surface area contributed by atoms with Crippen LogP contribution < -0.4 is 10.6 Å². The van der Waals surface area contributed by atoms with E-state index in [-0.39, 0.29) is 37.6 Å². The first kappa shape index (κ1) is 35.5. The summed E-state index contributed by atoms with van der Waals surface area (Å²) >= 11 is 6.77. The van der Waals surface area contributed by atoms with Gasteiger partial charge in [-0.15, -0.1) is 0 Å². The fourth-order valence-corrected chi connectivity index (χ4v) is 8.82. The second-order valence-corrected chi connectivity index (χ2v) is 14.7. The van der Waals surface area contributed by atoms with Crippen LogP contribution in [0.5, 0.6) is 5.75 Å². The van der Waals surface area contributed by atoms with Gasteiger partial charge in [0, 0.05) is 50.9 Å². The third kappa shape index (κ3) is 8.43. The average molecular weight is 778 g/mol. The Hall–Kier alpha value is -2.83. The van der Waals surface area contributed by atoms with Crippen molar-refractivity contribution in [3.8, 4) is 5.75 Å². The van der Waals surface area contributed by atoms with Crippen molar-refractivity contribution in [2.75, 3.05) is 51.1 Å². The second-order valence-electron chi connectivity index (χ2n) is 13.0. The highest BCUT2D eigenvalue weighted by Gasteiger charge is 2.36. The maximum Gasteiger partial charge on any atom is 0.410 e. The van der Waals surface area contributed by atoms with Crippen LogP contribution in [0.25, 0.3) is 0 Å². The number of anilines is 1. The zero-order valence-electron chi connectivity index (χ0n) is 26.1. The topological polar surface area (TPSA) is 114 Å². The molecule has 0 aliphatic carbocycles. The highest BCUT2D eigenvalue weighted by molar-refractivity contribution is 9.11. The Kier molecular flexibility index (Phi) is 12.1. The number of likely N-dealkylation sites (tertiary alicyclic amines) is 2. The molecular formula is C35H47Br2N5O5. The number of hydrogen-bond donors (Lipinski definition) is 3. The van der Waals surface area contributed by atoms with E-state index in [9.17, 15) is 19.5 Å². The molecule has 2 aromatic carbocycles. The molecule has 0 saturated carbocycles.